The van der Waals surface area contributed by atoms with E-state index >= 15 is 0 Å². The van der Waals surface area contributed by atoms with Crippen LogP contribution < -0.4 is 10.5 Å². The van der Waals surface area contributed by atoms with Crippen LogP contribution in [0.4, 0.5) is 18.9 Å². The van der Waals surface area contributed by atoms with E-state index in [1.165, 1.54) is 6.07 Å². The minimum atomic E-state index is -4.41. The number of hydrogen-bond donors (Lipinski definition) is 1. The van der Waals surface area contributed by atoms with Gasteiger partial charge in [0.05, 0.1) is 11.3 Å². The minimum Gasteiger partial charge on any atom is -0.455 e. The maximum atomic E-state index is 12.5. The Morgan fingerprint density at radius 1 is 0.950 bits per heavy atom. The predicted molar refractivity (Wildman–Crippen MR) is 71.8 cm³/mol. The lowest BCUT2D eigenvalue weighted by Crippen LogP contribution is -2.06. The summed E-state index contributed by atoms with van der Waals surface area (Å²) in [5.74, 6) is 0.784. The SMILES string of the molecule is Cc1ccc(Oc2ccc(C(F)(F)F)cc2N)c(C)c1. The van der Waals surface area contributed by atoms with Crippen LogP contribution in [0.1, 0.15) is 16.7 Å². The summed E-state index contributed by atoms with van der Waals surface area (Å²) < 4.78 is 43.2. The van der Waals surface area contributed by atoms with Crippen molar-refractivity contribution in [1.29, 1.82) is 0 Å². The first-order valence-corrected chi connectivity index (χ1v) is 5.99. The van der Waals surface area contributed by atoms with E-state index in [0.717, 1.165) is 23.3 Å². The molecule has 0 heterocycles. The highest BCUT2D eigenvalue weighted by Crippen LogP contribution is 2.36. The first-order valence-electron chi connectivity index (χ1n) is 5.99. The van der Waals surface area contributed by atoms with Crippen LogP contribution in [0, 0.1) is 13.8 Å². The first kappa shape index (κ1) is 14.2. The second-order valence-corrected chi connectivity index (χ2v) is 4.62. The summed E-state index contributed by atoms with van der Waals surface area (Å²) in [6, 6.07) is 8.62. The van der Waals surface area contributed by atoms with Gasteiger partial charge in [-0.05, 0) is 43.7 Å². The van der Waals surface area contributed by atoms with E-state index in [0.29, 0.717) is 5.75 Å². The molecule has 0 saturated heterocycles. The van der Waals surface area contributed by atoms with Crippen LogP contribution >= 0.6 is 0 Å². The molecule has 0 aromatic heterocycles. The zero-order valence-electron chi connectivity index (χ0n) is 11.1. The van der Waals surface area contributed by atoms with Crippen molar-refractivity contribution in [3.8, 4) is 11.5 Å². The van der Waals surface area contributed by atoms with E-state index in [-0.39, 0.29) is 11.4 Å². The van der Waals surface area contributed by atoms with Gasteiger partial charge in [-0.3, -0.25) is 0 Å². The normalized spacial score (nSPS) is 11.4. The van der Waals surface area contributed by atoms with Gasteiger partial charge in [-0.1, -0.05) is 17.7 Å². The van der Waals surface area contributed by atoms with Gasteiger partial charge in [0.2, 0.25) is 0 Å². The average Bonchev–Trinajstić information content (AvgIpc) is 2.33. The molecule has 0 atom stereocenters. The van der Waals surface area contributed by atoms with Crippen LogP contribution in [-0.2, 0) is 6.18 Å². The number of benzene rings is 2. The lowest BCUT2D eigenvalue weighted by molar-refractivity contribution is -0.137. The molecule has 0 amide bonds. The van der Waals surface area contributed by atoms with E-state index in [1.54, 1.807) is 6.07 Å². The van der Waals surface area contributed by atoms with Gasteiger partial charge < -0.3 is 10.5 Å². The third-order valence-corrected chi connectivity index (χ3v) is 2.89. The van der Waals surface area contributed by atoms with Gasteiger partial charge in [0.15, 0.2) is 0 Å². The number of alkyl halides is 3. The molecule has 106 valence electrons. The quantitative estimate of drug-likeness (QED) is 0.810. The standard InChI is InChI=1S/C15H14F3NO/c1-9-3-5-13(10(2)7-9)20-14-6-4-11(8-12(14)19)15(16,17)18/h3-8H,19H2,1-2H3. The molecule has 0 bridgehead atoms. The van der Waals surface area contributed by atoms with Crippen molar-refractivity contribution >= 4 is 5.69 Å². The monoisotopic (exact) mass is 281 g/mol. The van der Waals surface area contributed by atoms with Crippen molar-refractivity contribution in [2.24, 2.45) is 0 Å². The van der Waals surface area contributed by atoms with Gasteiger partial charge in [-0.15, -0.1) is 0 Å². The lowest BCUT2D eigenvalue weighted by Gasteiger charge is -2.13. The Bertz CT molecular complexity index is 636. The van der Waals surface area contributed by atoms with Crippen molar-refractivity contribution in [2.45, 2.75) is 20.0 Å². The van der Waals surface area contributed by atoms with Crippen LogP contribution in [0.5, 0.6) is 11.5 Å². The fraction of sp³-hybridized carbons (Fsp3) is 0.200. The fourth-order valence-electron chi connectivity index (χ4n) is 1.85. The van der Waals surface area contributed by atoms with Crippen LogP contribution in [0.3, 0.4) is 0 Å². The zero-order valence-corrected chi connectivity index (χ0v) is 11.1. The number of rotatable bonds is 2. The summed E-state index contributed by atoms with van der Waals surface area (Å²) in [6.07, 6.45) is -4.41. The van der Waals surface area contributed by atoms with E-state index in [1.807, 2.05) is 26.0 Å². The summed E-state index contributed by atoms with van der Waals surface area (Å²) in [7, 11) is 0. The molecule has 20 heavy (non-hydrogen) atoms. The minimum absolute atomic E-state index is 0.0419. The molecule has 2 aromatic rings. The average molecular weight is 281 g/mol. The molecule has 0 fully saturated rings. The highest BCUT2D eigenvalue weighted by molar-refractivity contribution is 5.56. The zero-order chi connectivity index (χ0) is 14.9. The predicted octanol–water partition coefficient (Wildman–Crippen LogP) is 4.70. The van der Waals surface area contributed by atoms with Crippen molar-refractivity contribution in [3.05, 3.63) is 53.1 Å². The summed E-state index contributed by atoms with van der Waals surface area (Å²) in [6.45, 7) is 3.81. The number of hydrogen-bond acceptors (Lipinski definition) is 2. The molecule has 0 aliphatic rings. The summed E-state index contributed by atoms with van der Waals surface area (Å²) in [4.78, 5) is 0. The molecule has 0 spiro atoms. The Balaban J connectivity index is 2.30. The van der Waals surface area contributed by atoms with Crippen molar-refractivity contribution in [2.75, 3.05) is 5.73 Å². The Kier molecular flexibility index (Phi) is 3.61. The smallest absolute Gasteiger partial charge is 0.416 e. The molecule has 0 radical (unpaired) electrons. The van der Waals surface area contributed by atoms with E-state index < -0.39 is 11.7 Å². The maximum Gasteiger partial charge on any atom is 0.416 e. The lowest BCUT2D eigenvalue weighted by atomic mass is 10.1. The molecule has 0 aliphatic heterocycles. The summed E-state index contributed by atoms with van der Waals surface area (Å²) in [5, 5.41) is 0. The molecular weight excluding hydrogens is 267 g/mol. The van der Waals surface area contributed by atoms with Crippen LogP contribution in [0.25, 0.3) is 0 Å². The van der Waals surface area contributed by atoms with Crippen LogP contribution in [0.15, 0.2) is 36.4 Å². The largest absolute Gasteiger partial charge is 0.455 e. The number of anilines is 1. The molecule has 0 saturated carbocycles. The van der Waals surface area contributed by atoms with Crippen molar-refractivity contribution in [3.63, 3.8) is 0 Å². The molecular formula is C15H14F3NO. The molecule has 2 N–H and O–H groups in total. The number of ether oxygens (including phenoxy) is 1. The third-order valence-electron chi connectivity index (χ3n) is 2.89. The van der Waals surface area contributed by atoms with Crippen LogP contribution in [-0.4, -0.2) is 0 Å². The Hall–Kier alpha value is -2.17. The highest BCUT2D eigenvalue weighted by Gasteiger charge is 2.31. The molecule has 5 heteroatoms. The molecule has 2 aromatic carbocycles. The summed E-state index contributed by atoms with van der Waals surface area (Å²) in [5.41, 5.74) is 6.76. The summed E-state index contributed by atoms with van der Waals surface area (Å²) >= 11 is 0. The van der Waals surface area contributed by atoms with Gasteiger partial charge in [-0.2, -0.15) is 13.2 Å². The first-order chi connectivity index (χ1) is 9.27. The van der Waals surface area contributed by atoms with Gasteiger partial charge in [0.25, 0.3) is 0 Å². The van der Waals surface area contributed by atoms with E-state index in [9.17, 15) is 13.2 Å². The molecule has 0 aliphatic carbocycles. The number of halogens is 3. The third kappa shape index (κ3) is 3.04. The number of nitrogen functional groups attached to an aromatic ring is 1. The maximum absolute atomic E-state index is 12.5. The molecule has 0 unspecified atom stereocenters. The van der Waals surface area contributed by atoms with Crippen molar-refractivity contribution < 1.29 is 17.9 Å². The topological polar surface area (TPSA) is 35.2 Å². The van der Waals surface area contributed by atoms with E-state index in [2.05, 4.69) is 0 Å². The van der Waals surface area contributed by atoms with Gasteiger partial charge in [0, 0.05) is 0 Å². The number of nitrogens with two attached hydrogens (primary N) is 1. The second kappa shape index (κ2) is 5.07. The Morgan fingerprint density at radius 3 is 2.15 bits per heavy atom. The second-order valence-electron chi connectivity index (χ2n) is 4.62. The van der Waals surface area contributed by atoms with E-state index in [4.69, 9.17) is 10.5 Å². The van der Waals surface area contributed by atoms with Gasteiger partial charge in [-0.25, -0.2) is 0 Å². The number of aryl methyl sites for hydroxylation is 2. The van der Waals surface area contributed by atoms with Crippen LogP contribution in [0.2, 0.25) is 0 Å². The molecule has 2 nitrogen and oxygen atoms in total. The Labute approximate surface area is 115 Å². The highest BCUT2D eigenvalue weighted by atomic mass is 19.4. The molecule has 2 rings (SSSR count). The van der Waals surface area contributed by atoms with Gasteiger partial charge >= 0.3 is 6.18 Å². The van der Waals surface area contributed by atoms with Gasteiger partial charge in [0.1, 0.15) is 11.5 Å². The van der Waals surface area contributed by atoms with Crippen molar-refractivity contribution in [1.82, 2.24) is 0 Å². The fourth-order valence-corrected chi connectivity index (χ4v) is 1.85. The Morgan fingerprint density at radius 2 is 1.60 bits per heavy atom.